The number of anilines is 3. The predicted octanol–water partition coefficient (Wildman–Crippen LogP) is 1.36. The molecule has 2 heterocycles. The van der Waals surface area contributed by atoms with E-state index < -0.39 is 0 Å². The highest BCUT2D eigenvalue weighted by Crippen LogP contribution is 2.22. The summed E-state index contributed by atoms with van der Waals surface area (Å²) >= 11 is 0. The van der Waals surface area contributed by atoms with Crippen molar-refractivity contribution in [1.29, 1.82) is 0 Å². The first-order chi connectivity index (χ1) is 9.22. The van der Waals surface area contributed by atoms with Crippen LogP contribution in [0.5, 0.6) is 0 Å². The number of rotatable bonds is 6. The Kier molecular flexibility index (Phi) is 4.35. The van der Waals surface area contributed by atoms with Crippen LogP contribution in [0, 0.1) is 0 Å². The van der Waals surface area contributed by atoms with Crippen LogP contribution < -0.4 is 15.5 Å². The van der Waals surface area contributed by atoms with E-state index in [9.17, 15) is 0 Å². The van der Waals surface area contributed by atoms with Gasteiger partial charge in [0.25, 0.3) is 0 Å². The van der Waals surface area contributed by atoms with Gasteiger partial charge in [0.2, 0.25) is 0 Å². The van der Waals surface area contributed by atoms with E-state index in [1.807, 2.05) is 43.5 Å². The smallest absolute Gasteiger partial charge is 0.138 e. The van der Waals surface area contributed by atoms with Gasteiger partial charge < -0.3 is 20.5 Å². The van der Waals surface area contributed by atoms with E-state index in [1.165, 1.54) is 0 Å². The largest absolute Gasteiger partial charge is 0.366 e. The minimum Gasteiger partial charge on any atom is -0.366 e. The zero-order valence-corrected chi connectivity index (χ0v) is 11.4. The molecule has 0 saturated carbocycles. The molecule has 0 aliphatic rings. The standard InChI is InChI=1S/C13H20N6/c1-18(7-3-5-14)12-8-13(17-10-16-12)19(2)11-4-6-15-9-11/h4,6,8-10,15H,3,5,7,14H2,1-2H3. The highest BCUT2D eigenvalue weighted by atomic mass is 15.2. The molecular formula is C13H20N6. The summed E-state index contributed by atoms with van der Waals surface area (Å²) in [4.78, 5) is 15.7. The van der Waals surface area contributed by atoms with Crippen molar-refractivity contribution in [3.63, 3.8) is 0 Å². The van der Waals surface area contributed by atoms with Crippen LogP contribution in [0.4, 0.5) is 17.3 Å². The molecule has 6 nitrogen and oxygen atoms in total. The summed E-state index contributed by atoms with van der Waals surface area (Å²) in [5, 5.41) is 0. The average molecular weight is 260 g/mol. The van der Waals surface area contributed by atoms with Crippen molar-refractivity contribution in [3.05, 3.63) is 30.9 Å². The van der Waals surface area contributed by atoms with E-state index in [-0.39, 0.29) is 0 Å². The number of aromatic amines is 1. The molecule has 0 bridgehead atoms. The summed E-state index contributed by atoms with van der Waals surface area (Å²) in [5.74, 6) is 1.77. The maximum atomic E-state index is 5.53. The van der Waals surface area contributed by atoms with Gasteiger partial charge in [0.05, 0.1) is 5.69 Å². The third-order valence-electron chi connectivity index (χ3n) is 3.04. The van der Waals surface area contributed by atoms with Crippen molar-refractivity contribution < 1.29 is 0 Å². The predicted molar refractivity (Wildman–Crippen MR) is 77.8 cm³/mol. The van der Waals surface area contributed by atoms with E-state index in [0.717, 1.165) is 30.3 Å². The van der Waals surface area contributed by atoms with Gasteiger partial charge in [0, 0.05) is 39.1 Å². The van der Waals surface area contributed by atoms with Crippen molar-refractivity contribution in [1.82, 2.24) is 15.0 Å². The second-order valence-corrected chi connectivity index (χ2v) is 4.43. The molecule has 0 radical (unpaired) electrons. The molecule has 0 aliphatic carbocycles. The van der Waals surface area contributed by atoms with Gasteiger partial charge in [0.1, 0.15) is 18.0 Å². The number of nitrogens with one attached hydrogen (secondary N) is 1. The molecule has 2 aromatic rings. The lowest BCUT2D eigenvalue weighted by atomic mass is 10.3. The Morgan fingerprint density at radius 1 is 1.26 bits per heavy atom. The highest BCUT2D eigenvalue weighted by Gasteiger charge is 2.09. The lowest BCUT2D eigenvalue weighted by molar-refractivity contribution is 0.785. The third-order valence-corrected chi connectivity index (χ3v) is 3.04. The van der Waals surface area contributed by atoms with E-state index in [1.54, 1.807) is 6.33 Å². The molecule has 0 unspecified atom stereocenters. The van der Waals surface area contributed by atoms with Gasteiger partial charge in [-0.25, -0.2) is 9.97 Å². The van der Waals surface area contributed by atoms with Gasteiger partial charge in [-0.05, 0) is 19.0 Å². The molecule has 0 aromatic carbocycles. The van der Waals surface area contributed by atoms with Crippen molar-refractivity contribution in [2.75, 3.05) is 37.0 Å². The third kappa shape index (κ3) is 3.23. The van der Waals surface area contributed by atoms with Crippen LogP contribution in [0.2, 0.25) is 0 Å². The number of H-pyrrole nitrogens is 1. The second kappa shape index (κ2) is 6.19. The molecule has 2 aromatic heterocycles. The van der Waals surface area contributed by atoms with Crippen molar-refractivity contribution >= 4 is 17.3 Å². The fraction of sp³-hybridized carbons (Fsp3) is 0.385. The minimum absolute atomic E-state index is 0.686. The number of hydrogen-bond donors (Lipinski definition) is 2. The van der Waals surface area contributed by atoms with Crippen molar-refractivity contribution in [2.24, 2.45) is 5.73 Å². The monoisotopic (exact) mass is 260 g/mol. The van der Waals surface area contributed by atoms with Gasteiger partial charge in [0.15, 0.2) is 0 Å². The van der Waals surface area contributed by atoms with Crippen LogP contribution in [0.25, 0.3) is 0 Å². The molecule has 0 atom stereocenters. The van der Waals surface area contributed by atoms with E-state index in [4.69, 9.17) is 5.73 Å². The molecule has 0 aliphatic heterocycles. The van der Waals surface area contributed by atoms with Crippen molar-refractivity contribution in [3.8, 4) is 0 Å². The number of nitrogens with zero attached hydrogens (tertiary/aromatic N) is 4. The summed E-state index contributed by atoms with van der Waals surface area (Å²) in [5.41, 5.74) is 6.59. The van der Waals surface area contributed by atoms with Crippen LogP contribution >= 0.6 is 0 Å². The molecule has 0 saturated heterocycles. The lowest BCUT2D eigenvalue weighted by Crippen LogP contribution is -2.22. The van der Waals surface area contributed by atoms with Crippen LogP contribution in [-0.4, -0.2) is 42.1 Å². The first-order valence-electron chi connectivity index (χ1n) is 6.32. The molecule has 2 rings (SSSR count). The maximum Gasteiger partial charge on any atom is 0.138 e. The van der Waals surface area contributed by atoms with Gasteiger partial charge in [-0.3, -0.25) is 0 Å². The SMILES string of the molecule is CN(CCCN)c1cc(N(C)c2cc[nH]c2)ncn1. The molecule has 0 fully saturated rings. The summed E-state index contributed by atoms with van der Waals surface area (Å²) in [6, 6.07) is 3.98. The maximum absolute atomic E-state index is 5.53. The highest BCUT2D eigenvalue weighted by molar-refractivity contribution is 5.60. The Labute approximate surface area is 113 Å². The molecular weight excluding hydrogens is 240 g/mol. The van der Waals surface area contributed by atoms with Crippen LogP contribution in [0.15, 0.2) is 30.9 Å². The van der Waals surface area contributed by atoms with E-state index in [0.29, 0.717) is 6.54 Å². The van der Waals surface area contributed by atoms with Crippen LogP contribution in [-0.2, 0) is 0 Å². The summed E-state index contributed by atoms with van der Waals surface area (Å²) in [6.07, 6.45) is 6.36. The number of nitrogens with two attached hydrogens (primary N) is 1. The molecule has 102 valence electrons. The molecule has 6 heteroatoms. The minimum atomic E-state index is 0.686. The van der Waals surface area contributed by atoms with Gasteiger partial charge in [-0.2, -0.15) is 0 Å². The number of aromatic nitrogens is 3. The fourth-order valence-electron chi connectivity index (χ4n) is 1.83. The molecule has 0 amide bonds. The van der Waals surface area contributed by atoms with Gasteiger partial charge in [-0.15, -0.1) is 0 Å². The quantitative estimate of drug-likeness (QED) is 0.820. The van der Waals surface area contributed by atoms with Crippen molar-refractivity contribution in [2.45, 2.75) is 6.42 Å². The Bertz CT molecular complexity index is 496. The fourth-order valence-corrected chi connectivity index (χ4v) is 1.83. The zero-order valence-electron chi connectivity index (χ0n) is 11.4. The molecule has 3 N–H and O–H groups in total. The zero-order chi connectivity index (χ0) is 13.7. The van der Waals surface area contributed by atoms with Gasteiger partial charge >= 0.3 is 0 Å². The van der Waals surface area contributed by atoms with Crippen LogP contribution in [0.3, 0.4) is 0 Å². The Morgan fingerprint density at radius 3 is 2.74 bits per heavy atom. The number of hydrogen-bond acceptors (Lipinski definition) is 5. The van der Waals surface area contributed by atoms with Gasteiger partial charge in [-0.1, -0.05) is 0 Å². The average Bonchev–Trinajstić information content (AvgIpc) is 2.98. The molecule has 19 heavy (non-hydrogen) atoms. The second-order valence-electron chi connectivity index (χ2n) is 4.43. The normalized spacial score (nSPS) is 10.5. The summed E-state index contributed by atoms with van der Waals surface area (Å²) < 4.78 is 0. The first-order valence-corrected chi connectivity index (χ1v) is 6.32. The van der Waals surface area contributed by atoms with Crippen LogP contribution in [0.1, 0.15) is 6.42 Å². The summed E-state index contributed by atoms with van der Waals surface area (Å²) in [6.45, 7) is 1.58. The Morgan fingerprint density at radius 2 is 2.05 bits per heavy atom. The first kappa shape index (κ1) is 13.4. The Hall–Kier alpha value is -2.08. The summed E-state index contributed by atoms with van der Waals surface area (Å²) in [7, 11) is 3.99. The van der Waals surface area contributed by atoms with E-state index >= 15 is 0 Å². The lowest BCUT2D eigenvalue weighted by Gasteiger charge is -2.21. The topological polar surface area (TPSA) is 74.1 Å². The Balaban J connectivity index is 2.15. The molecule has 0 spiro atoms. The van der Waals surface area contributed by atoms with E-state index in [2.05, 4.69) is 19.9 Å².